The van der Waals surface area contributed by atoms with E-state index in [-0.39, 0.29) is 18.6 Å². The fraction of sp³-hybridized carbons (Fsp3) is 0.579. The number of nitrogens with one attached hydrogen (secondary N) is 1. The number of benzene rings is 1. The lowest BCUT2D eigenvalue weighted by atomic mass is 9.78. The standard InChI is InChI=1S/C19H28N2O3/c1-13-6-5-7-17(14(13)2)20-18(22)12-24-19(23)15-8-10-16(11-9-15)21(3)4/h8-11,13-14,17H,5-7,12H2,1-4H3,(H,20,22)/t13-,14+,17+/m0/s1. The molecule has 0 aliphatic heterocycles. The minimum atomic E-state index is -0.472. The van der Waals surface area contributed by atoms with E-state index in [0.29, 0.717) is 17.4 Å². The van der Waals surface area contributed by atoms with Gasteiger partial charge in [0.15, 0.2) is 6.61 Å². The third kappa shape index (κ3) is 4.73. The van der Waals surface area contributed by atoms with Crippen molar-refractivity contribution in [3.63, 3.8) is 0 Å². The van der Waals surface area contributed by atoms with Crippen LogP contribution in [0.4, 0.5) is 5.69 Å². The van der Waals surface area contributed by atoms with Crippen LogP contribution in [0.15, 0.2) is 24.3 Å². The van der Waals surface area contributed by atoms with E-state index in [1.54, 1.807) is 12.1 Å². The molecule has 1 aliphatic carbocycles. The molecule has 3 atom stereocenters. The smallest absolute Gasteiger partial charge is 0.338 e. The summed E-state index contributed by atoms with van der Waals surface area (Å²) >= 11 is 0. The largest absolute Gasteiger partial charge is 0.452 e. The first kappa shape index (κ1) is 18.3. The molecule has 1 fully saturated rings. The summed E-state index contributed by atoms with van der Waals surface area (Å²) < 4.78 is 5.13. The predicted molar refractivity (Wildman–Crippen MR) is 95.2 cm³/mol. The van der Waals surface area contributed by atoms with Crippen LogP contribution in [0.2, 0.25) is 0 Å². The Morgan fingerprint density at radius 2 is 1.83 bits per heavy atom. The zero-order chi connectivity index (χ0) is 17.7. The van der Waals surface area contributed by atoms with Crippen molar-refractivity contribution in [2.45, 2.75) is 39.2 Å². The number of carbonyl (C=O) groups is 2. The van der Waals surface area contributed by atoms with Crippen molar-refractivity contribution < 1.29 is 14.3 Å². The van der Waals surface area contributed by atoms with Crippen LogP contribution >= 0.6 is 0 Å². The van der Waals surface area contributed by atoms with E-state index in [0.717, 1.165) is 18.5 Å². The van der Waals surface area contributed by atoms with Crippen molar-refractivity contribution in [3.05, 3.63) is 29.8 Å². The van der Waals surface area contributed by atoms with Gasteiger partial charge in [0.05, 0.1) is 5.56 Å². The first-order chi connectivity index (χ1) is 11.4. The minimum absolute atomic E-state index is 0.180. The number of hydrogen-bond donors (Lipinski definition) is 1. The quantitative estimate of drug-likeness (QED) is 0.843. The molecule has 5 nitrogen and oxygen atoms in total. The number of amides is 1. The van der Waals surface area contributed by atoms with Gasteiger partial charge in [-0.3, -0.25) is 4.79 Å². The topological polar surface area (TPSA) is 58.6 Å². The van der Waals surface area contributed by atoms with Gasteiger partial charge in [0.25, 0.3) is 5.91 Å². The molecule has 1 aromatic carbocycles. The normalized spacial score (nSPS) is 23.4. The molecule has 1 aliphatic rings. The van der Waals surface area contributed by atoms with Crippen molar-refractivity contribution in [2.24, 2.45) is 11.8 Å². The van der Waals surface area contributed by atoms with Gasteiger partial charge in [0, 0.05) is 25.8 Å². The molecule has 0 heterocycles. The lowest BCUT2D eigenvalue weighted by Crippen LogP contribution is -2.45. The zero-order valence-corrected chi connectivity index (χ0v) is 15.0. The molecule has 0 unspecified atom stereocenters. The van der Waals surface area contributed by atoms with Crippen LogP contribution in [0.3, 0.4) is 0 Å². The number of ether oxygens (including phenoxy) is 1. The highest BCUT2D eigenvalue weighted by molar-refractivity contribution is 5.91. The molecule has 0 saturated heterocycles. The zero-order valence-electron chi connectivity index (χ0n) is 15.0. The van der Waals surface area contributed by atoms with Crippen LogP contribution in [-0.4, -0.2) is 38.6 Å². The van der Waals surface area contributed by atoms with E-state index in [1.165, 1.54) is 6.42 Å². The van der Waals surface area contributed by atoms with E-state index >= 15 is 0 Å². The molecule has 5 heteroatoms. The van der Waals surface area contributed by atoms with Crippen LogP contribution in [-0.2, 0) is 9.53 Å². The van der Waals surface area contributed by atoms with Gasteiger partial charge < -0.3 is 15.0 Å². The third-order valence-corrected chi connectivity index (χ3v) is 5.01. The second kappa shape index (κ2) is 8.18. The highest BCUT2D eigenvalue weighted by atomic mass is 16.5. The third-order valence-electron chi connectivity index (χ3n) is 5.01. The lowest BCUT2D eigenvalue weighted by Gasteiger charge is -2.34. The van der Waals surface area contributed by atoms with Crippen LogP contribution in [0.5, 0.6) is 0 Å². The first-order valence-electron chi connectivity index (χ1n) is 8.62. The second-order valence-electron chi connectivity index (χ2n) is 6.96. The van der Waals surface area contributed by atoms with Crippen LogP contribution < -0.4 is 10.2 Å². The Bertz CT molecular complexity index is 568. The number of hydrogen-bond acceptors (Lipinski definition) is 4. The Balaban J connectivity index is 1.81. The van der Waals surface area contributed by atoms with Crippen LogP contribution in [0, 0.1) is 11.8 Å². The Morgan fingerprint density at radius 3 is 2.46 bits per heavy atom. The van der Waals surface area contributed by atoms with Gasteiger partial charge >= 0.3 is 5.97 Å². The Kier molecular flexibility index (Phi) is 6.23. The lowest BCUT2D eigenvalue weighted by molar-refractivity contribution is -0.125. The molecule has 1 amide bonds. The van der Waals surface area contributed by atoms with E-state index in [1.807, 2.05) is 31.1 Å². The van der Waals surface area contributed by atoms with Gasteiger partial charge in [0.1, 0.15) is 0 Å². The highest BCUT2D eigenvalue weighted by Crippen LogP contribution is 2.29. The summed E-state index contributed by atoms with van der Waals surface area (Å²) in [5.74, 6) is 0.374. The molecule has 1 saturated carbocycles. The Labute approximate surface area is 144 Å². The summed E-state index contributed by atoms with van der Waals surface area (Å²) in [7, 11) is 3.87. The molecule has 1 aromatic rings. The van der Waals surface area contributed by atoms with Gasteiger partial charge in [-0.05, 0) is 42.5 Å². The van der Waals surface area contributed by atoms with E-state index in [2.05, 4.69) is 19.2 Å². The maximum Gasteiger partial charge on any atom is 0.338 e. The van der Waals surface area contributed by atoms with Crippen molar-refractivity contribution in [2.75, 3.05) is 25.6 Å². The summed E-state index contributed by atoms with van der Waals surface area (Å²) in [6.45, 7) is 4.17. The van der Waals surface area contributed by atoms with Crippen LogP contribution in [0.25, 0.3) is 0 Å². The van der Waals surface area contributed by atoms with E-state index in [9.17, 15) is 9.59 Å². The van der Waals surface area contributed by atoms with Crippen molar-refractivity contribution >= 4 is 17.6 Å². The molecular formula is C19H28N2O3. The molecule has 24 heavy (non-hydrogen) atoms. The van der Waals surface area contributed by atoms with Gasteiger partial charge in [-0.25, -0.2) is 4.79 Å². The molecule has 0 aromatic heterocycles. The van der Waals surface area contributed by atoms with Crippen molar-refractivity contribution in [1.29, 1.82) is 0 Å². The van der Waals surface area contributed by atoms with Crippen molar-refractivity contribution in [3.8, 4) is 0 Å². The Hall–Kier alpha value is -2.04. The number of nitrogens with zero attached hydrogens (tertiary/aromatic N) is 1. The summed E-state index contributed by atoms with van der Waals surface area (Å²) in [6.07, 6.45) is 3.34. The predicted octanol–water partition coefficient (Wildman–Crippen LogP) is 2.85. The summed E-state index contributed by atoms with van der Waals surface area (Å²) in [5, 5.41) is 3.01. The molecule has 2 rings (SSSR count). The average molecular weight is 332 g/mol. The maximum absolute atomic E-state index is 12.0. The highest BCUT2D eigenvalue weighted by Gasteiger charge is 2.28. The van der Waals surface area contributed by atoms with Gasteiger partial charge in [-0.15, -0.1) is 0 Å². The van der Waals surface area contributed by atoms with Gasteiger partial charge in [-0.2, -0.15) is 0 Å². The van der Waals surface area contributed by atoms with Gasteiger partial charge in [-0.1, -0.05) is 26.7 Å². The fourth-order valence-electron chi connectivity index (χ4n) is 3.14. The van der Waals surface area contributed by atoms with Crippen LogP contribution in [0.1, 0.15) is 43.5 Å². The molecule has 0 spiro atoms. The number of esters is 1. The molecule has 0 radical (unpaired) electrons. The number of anilines is 1. The second-order valence-corrected chi connectivity index (χ2v) is 6.96. The molecule has 132 valence electrons. The van der Waals surface area contributed by atoms with Crippen molar-refractivity contribution in [1.82, 2.24) is 5.32 Å². The van der Waals surface area contributed by atoms with E-state index in [4.69, 9.17) is 4.74 Å². The average Bonchev–Trinajstić information content (AvgIpc) is 2.57. The maximum atomic E-state index is 12.0. The molecule has 0 bridgehead atoms. The Morgan fingerprint density at radius 1 is 1.17 bits per heavy atom. The number of rotatable bonds is 5. The van der Waals surface area contributed by atoms with E-state index < -0.39 is 5.97 Å². The number of carbonyl (C=O) groups excluding carboxylic acids is 2. The molecule has 1 N–H and O–H groups in total. The SMILES string of the molecule is C[C@@H]1[C@@H](C)CCC[C@H]1NC(=O)COC(=O)c1ccc(N(C)C)cc1. The summed E-state index contributed by atoms with van der Waals surface area (Å²) in [5.41, 5.74) is 1.46. The summed E-state index contributed by atoms with van der Waals surface area (Å²) in [6, 6.07) is 7.30. The first-order valence-corrected chi connectivity index (χ1v) is 8.62. The summed E-state index contributed by atoms with van der Waals surface area (Å²) in [4.78, 5) is 26.0. The monoisotopic (exact) mass is 332 g/mol. The minimum Gasteiger partial charge on any atom is -0.452 e. The molecular weight excluding hydrogens is 304 g/mol. The van der Waals surface area contributed by atoms with Gasteiger partial charge in [0.2, 0.25) is 0 Å². The fourth-order valence-corrected chi connectivity index (χ4v) is 3.14.